The van der Waals surface area contributed by atoms with Gasteiger partial charge >= 0.3 is 0 Å². The van der Waals surface area contributed by atoms with Gasteiger partial charge in [-0.15, -0.1) is 0 Å². The van der Waals surface area contributed by atoms with Gasteiger partial charge in [-0.1, -0.05) is 49.6 Å². The van der Waals surface area contributed by atoms with E-state index in [1.54, 1.807) is 6.92 Å². The maximum Gasteiger partial charge on any atom is 0.247 e. The number of carbonyl (C=O) groups excluding carboxylic acids is 2. The number of hydrogen-bond donors (Lipinski definition) is 1. The molecule has 1 aliphatic carbocycles. The predicted molar refractivity (Wildman–Crippen MR) is 96.5 cm³/mol. The highest BCUT2D eigenvalue weighted by atomic mass is 16.2. The minimum absolute atomic E-state index is 0.0280. The van der Waals surface area contributed by atoms with Crippen molar-refractivity contribution in [3.05, 3.63) is 35.9 Å². The summed E-state index contributed by atoms with van der Waals surface area (Å²) in [5.74, 6) is -0.130. The van der Waals surface area contributed by atoms with E-state index in [2.05, 4.69) is 5.32 Å². The van der Waals surface area contributed by atoms with Crippen molar-refractivity contribution in [1.29, 1.82) is 0 Å². The van der Waals surface area contributed by atoms with Crippen molar-refractivity contribution < 1.29 is 9.59 Å². The van der Waals surface area contributed by atoms with Crippen molar-refractivity contribution in [1.82, 2.24) is 10.2 Å². The van der Waals surface area contributed by atoms with Gasteiger partial charge in [0.15, 0.2) is 0 Å². The molecule has 0 aliphatic heterocycles. The second kappa shape index (κ2) is 7.82. The molecule has 1 aromatic carbocycles. The number of rotatable bonds is 4. The molecule has 1 atom stereocenters. The van der Waals surface area contributed by atoms with Crippen molar-refractivity contribution in [2.45, 2.75) is 77.4 Å². The van der Waals surface area contributed by atoms with Crippen LogP contribution < -0.4 is 5.32 Å². The van der Waals surface area contributed by atoms with Crippen LogP contribution in [0.4, 0.5) is 0 Å². The molecule has 132 valence electrons. The number of nitrogens with zero attached hydrogens (tertiary/aromatic N) is 1. The highest BCUT2D eigenvalue weighted by molar-refractivity contribution is 5.88. The van der Waals surface area contributed by atoms with Gasteiger partial charge in [-0.2, -0.15) is 0 Å². The third kappa shape index (κ3) is 4.83. The lowest BCUT2D eigenvalue weighted by molar-refractivity contribution is -0.143. The van der Waals surface area contributed by atoms with Crippen LogP contribution in [-0.2, 0) is 9.59 Å². The molecular weight excluding hydrogens is 300 g/mol. The van der Waals surface area contributed by atoms with E-state index in [4.69, 9.17) is 0 Å². The monoisotopic (exact) mass is 330 g/mol. The van der Waals surface area contributed by atoms with Crippen molar-refractivity contribution in [3.63, 3.8) is 0 Å². The molecule has 0 radical (unpaired) electrons. The summed E-state index contributed by atoms with van der Waals surface area (Å²) >= 11 is 0. The third-order valence-electron chi connectivity index (χ3n) is 4.47. The van der Waals surface area contributed by atoms with Gasteiger partial charge < -0.3 is 10.2 Å². The summed E-state index contributed by atoms with van der Waals surface area (Å²) in [7, 11) is 0. The Labute approximate surface area is 145 Å². The van der Waals surface area contributed by atoms with E-state index in [9.17, 15) is 9.59 Å². The smallest absolute Gasteiger partial charge is 0.247 e. The van der Waals surface area contributed by atoms with Crippen LogP contribution in [0.1, 0.15) is 71.4 Å². The Morgan fingerprint density at radius 2 is 1.67 bits per heavy atom. The summed E-state index contributed by atoms with van der Waals surface area (Å²) in [4.78, 5) is 27.3. The van der Waals surface area contributed by atoms with Crippen LogP contribution in [0.15, 0.2) is 30.3 Å². The Morgan fingerprint density at radius 1 is 1.08 bits per heavy atom. The first kappa shape index (κ1) is 18.5. The Kier molecular flexibility index (Phi) is 6.03. The molecule has 0 bridgehead atoms. The molecule has 1 saturated carbocycles. The van der Waals surface area contributed by atoms with E-state index < -0.39 is 6.04 Å². The average Bonchev–Trinajstić information content (AvgIpc) is 2.52. The summed E-state index contributed by atoms with van der Waals surface area (Å²) in [5.41, 5.74) is 0.541. The fourth-order valence-corrected chi connectivity index (χ4v) is 3.52. The van der Waals surface area contributed by atoms with Crippen molar-refractivity contribution in [2.75, 3.05) is 0 Å². The van der Waals surface area contributed by atoms with E-state index in [-0.39, 0.29) is 23.4 Å². The molecule has 0 saturated heterocycles. The minimum Gasteiger partial charge on any atom is -0.349 e. The molecule has 4 heteroatoms. The highest BCUT2D eigenvalue weighted by Crippen LogP contribution is 2.31. The van der Waals surface area contributed by atoms with Crippen molar-refractivity contribution in [2.24, 2.45) is 0 Å². The van der Waals surface area contributed by atoms with E-state index in [0.29, 0.717) is 0 Å². The number of nitrogens with one attached hydrogen (secondary N) is 1. The zero-order chi connectivity index (χ0) is 17.7. The topological polar surface area (TPSA) is 49.4 Å². The van der Waals surface area contributed by atoms with Crippen molar-refractivity contribution >= 4 is 11.8 Å². The van der Waals surface area contributed by atoms with Crippen LogP contribution in [0.5, 0.6) is 0 Å². The lowest BCUT2D eigenvalue weighted by atomic mass is 9.91. The Balaban J connectivity index is 2.38. The Morgan fingerprint density at radius 3 is 2.17 bits per heavy atom. The van der Waals surface area contributed by atoms with Gasteiger partial charge in [-0.05, 0) is 39.2 Å². The fraction of sp³-hybridized carbons (Fsp3) is 0.600. The zero-order valence-corrected chi connectivity index (χ0v) is 15.3. The predicted octanol–water partition coefficient (Wildman–Crippen LogP) is 3.82. The first-order valence-electron chi connectivity index (χ1n) is 8.95. The molecule has 0 spiro atoms. The maximum absolute atomic E-state index is 13.0. The quantitative estimate of drug-likeness (QED) is 0.912. The highest BCUT2D eigenvalue weighted by Gasteiger charge is 2.36. The van der Waals surface area contributed by atoms with E-state index in [1.165, 1.54) is 6.42 Å². The molecule has 4 nitrogen and oxygen atoms in total. The normalized spacial score (nSPS) is 17.2. The van der Waals surface area contributed by atoms with Crippen LogP contribution in [0, 0.1) is 0 Å². The van der Waals surface area contributed by atoms with Gasteiger partial charge in [-0.3, -0.25) is 9.59 Å². The molecule has 1 unspecified atom stereocenters. The minimum atomic E-state index is -0.564. The lowest BCUT2D eigenvalue weighted by Crippen LogP contribution is -2.52. The van der Waals surface area contributed by atoms with E-state index in [0.717, 1.165) is 31.2 Å². The van der Waals surface area contributed by atoms with Crippen molar-refractivity contribution in [3.8, 4) is 0 Å². The lowest BCUT2D eigenvalue weighted by Gasteiger charge is -2.40. The van der Waals surface area contributed by atoms with E-state index in [1.807, 2.05) is 56.0 Å². The van der Waals surface area contributed by atoms with Gasteiger partial charge in [0.05, 0.1) is 0 Å². The molecule has 2 amide bonds. The van der Waals surface area contributed by atoms with Crippen LogP contribution in [0.2, 0.25) is 0 Å². The summed E-state index contributed by atoms with van der Waals surface area (Å²) < 4.78 is 0. The molecule has 1 aromatic rings. The van der Waals surface area contributed by atoms with Gasteiger partial charge in [0, 0.05) is 18.5 Å². The number of amides is 2. The largest absolute Gasteiger partial charge is 0.349 e. The molecule has 0 aromatic heterocycles. The molecule has 2 rings (SSSR count). The van der Waals surface area contributed by atoms with Crippen LogP contribution in [-0.4, -0.2) is 28.3 Å². The second-order valence-corrected chi connectivity index (χ2v) is 7.77. The third-order valence-corrected chi connectivity index (χ3v) is 4.47. The zero-order valence-electron chi connectivity index (χ0n) is 15.3. The van der Waals surface area contributed by atoms with Crippen LogP contribution in [0.3, 0.4) is 0 Å². The molecular formula is C20H30N2O2. The van der Waals surface area contributed by atoms with Gasteiger partial charge in [-0.25, -0.2) is 0 Å². The first-order valence-corrected chi connectivity index (χ1v) is 8.95. The molecule has 1 aliphatic rings. The Hall–Kier alpha value is -1.84. The average molecular weight is 330 g/mol. The molecule has 0 heterocycles. The molecule has 1 fully saturated rings. The first-order chi connectivity index (χ1) is 11.3. The number of carbonyl (C=O) groups is 2. The molecule has 24 heavy (non-hydrogen) atoms. The van der Waals surface area contributed by atoms with Gasteiger partial charge in [0.1, 0.15) is 6.04 Å². The van der Waals surface area contributed by atoms with Crippen LogP contribution in [0.25, 0.3) is 0 Å². The SMILES string of the molecule is CC(=O)N(C1CCCCC1)C(C(=O)NC(C)(C)C)c1ccccc1. The van der Waals surface area contributed by atoms with Gasteiger partial charge in [0.2, 0.25) is 11.8 Å². The fourth-order valence-electron chi connectivity index (χ4n) is 3.52. The summed E-state index contributed by atoms with van der Waals surface area (Å²) in [6.45, 7) is 7.47. The van der Waals surface area contributed by atoms with E-state index >= 15 is 0 Å². The summed E-state index contributed by atoms with van der Waals surface area (Å²) in [6.07, 6.45) is 5.41. The molecule has 1 N–H and O–H groups in total. The summed E-state index contributed by atoms with van der Waals surface area (Å²) in [6, 6.07) is 9.23. The standard InChI is InChI=1S/C20H30N2O2/c1-15(23)22(17-13-9-6-10-14-17)18(16-11-7-5-8-12-16)19(24)21-20(2,3)4/h5,7-8,11-12,17-18H,6,9-10,13-14H2,1-4H3,(H,21,24). The van der Waals surface area contributed by atoms with Gasteiger partial charge in [0.25, 0.3) is 0 Å². The number of hydrogen-bond acceptors (Lipinski definition) is 2. The second-order valence-electron chi connectivity index (χ2n) is 7.77. The van der Waals surface area contributed by atoms with Crippen LogP contribution >= 0.6 is 0 Å². The summed E-state index contributed by atoms with van der Waals surface area (Å²) in [5, 5.41) is 3.06. The number of benzene rings is 1. The Bertz CT molecular complexity index is 557. The maximum atomic E-state index is 13.0.